The molecular weight excluding hydrogens is 152 g/mol. The molecule has 0 aromatic carbocycles. The number of carbonyl (C=O) groups is 2. The van der Waals surface area contributed by atoms with E-state index in [4.69, 9.17) is 0 Å². The molecule has 0 fully saturated rings. The van der Waals surface area contributed by atoms with Crippen LogP contribution in [0.15, 0.2) is 0 Å². The second kappa shape index (κ2) is 5.48. The van der Waals surface area contributed by atoms with Crippen LogP contribution in [0, 0.1) is 0 Å². The predicted octanol–water partition coefficient (Wildman–Crippen LogP) is -0.851. The van der Waals surface area contributed by atoms with Gasteiger partial charge in [0.2, 0.25) is 0 Å². The maximum Gasteiger partial charge on any atom is 0.336 e. The SMILES string of the molecule is CCOC(=O)CONC(N)=O. The number of hydrogen-bond acceptors (Lipinski definition) is 4. The largest absolute Gasteiger partial charge is 0.464 e. The van der Waals surface area contributed by atoms with E-state index in [1.165, 1.54) is 0 Å². The molecule has 0 saturated heterocycles. The summed E-state index contributed by atoms with van der Waals surface area (Å²) in [7, 11) is 0. The van der Waals surface area contributed by atoms with Crippen LogP contribution in [0.25, 0.3) is 0 Å². The first-order valence-electron chi connectivity index (χ1n) is 2.99. The Kier molecular flexibility index (Phi) is 4.83. The van der Waals surface area contributed by atoms with E-state index in [0.29, 0.717) is 0 Å². The predicted molar refractivity (Wildman–Crippen MR) is 35.3 cm³/mol. The van der Waals surface area contributed by atoms with Crippen molar-refractivity contribution in [2.24, 2.45) is 5.73 Å². The molecule has 0 aliphatic heterocycles. The Hall–Kier alpha value is -1.30. The van der Waals surface area contributed by atoms with Crippen molar-refractivity contribution in [1.82, 2.24) is 5.48 Å². The third-order valence-electron chi connectivity index (χ3n) is 0.668. The Morgan fingerprint density at radius 3 is 2.64 bits per heavy atom. The molecule has 2 amide bonds. The number of nitrogens with two attached hydrogens (primary N) is 1. The number of hydroxylamine groups is 1. The van der Waals surface area contributed by atoms with Crippen LogP contribution in [0.3, 0.4) is 0 Å². The number of rotatable bonds is 4. The van der Waals surface area contributed by atoms with E-state index in [9.17, 15) is 9.59 Å². The van der Waals surface area contributed by atoms with E-state index >= 15 is 0 Å². The van der Waals surface area contributed by atoms with Crippen molar-refractivity contribution in [3.63, 3.8) is 0 Å². The van der Waals surface area contributed by atoms with Gasteiger partial charge in [0, 0.05) is 0 Å². The number of primary amides is 1. The number of hydrogen-bond donors (Lipinski definition) is 2. The van der Waals surface area contributed by atoms with Crippen molar-refractivity contribution in [1.29, 1.82) is 0 Å². The van der Waals surface area contributed by atoms with Gasteiger partial charge in [0.25, 0.3) is 0 Å². The molecule has 0 unspecified atom stereocenters. The molecule has 11 heavy (non-hydrogen) atoms. The van der Waals surface area contributed by atoms with Gasteiger partial charge in [-0.15, -0.1) is 0 Å². The van der Waals surface area contributed by atoms with Crippen LogP contribution >= 0.6 is 0 Å². The zero-order valence-corrected chi connectivity index (χ0v) is 6.12. The van der Waals surface area contributed by atoms with Crippen molar-refractivity contribution < 1.29 is 19.2 Å². The van der Waals surface area contributed by atoms with Crippen molar-refractivity contribution in [2.45, 2.75) is 6.92 Å². The highest BCUT2D eigenvalue weighted by atomic mass is 16.7. The highest BCUT2D eigenvalue weighted by Crippen LogP contribution is 1.77. The summed E-state index contributed by atoms with van der Waals surface area (Å²) in [6, 6.07) is -0.853. The normalized spacial score (nSPS) is 8.82. The van der Waals surface area contributed by atoms with E-state index in [1.807, 2.05) is 0 Å². The minimum absolute atomic E-state index is 0.277. The molecule has 0 bridgehead atoms. The average molecular weight is 162 g/mol. The smallest absolute Gasteiger partial charge is 0.336 e. The molecular formula is C5H10N2O4. The summed E-state index contributed by atoms with van der Waals surface area (Å²) in [4.78, 5) is 24.8. The monoisotopic (exact) mass is 162 g/mol. The molecule has 6 heteroatoms. The lowest BCUT2D eigenvalue weighted by Gasteiger charge is -2.01. The maximum atomic E-state index is 10.5. The van der Waals surface area contributed by atoms with Crippen molar-refractivity contribution in [3.05, 3.63) is 0 Å². The molecule has 0 radical (unpaired) electrons. The van der Waals surface area contributed by atoms with E-state index in [1.54, 1.807) is 12.4 Å². The number of nitrogens with one attached hydrogen (secondary N) is 1. The van der Waals surface area contributed by atoms with Crippen LogP contribution in [-0.2, 0) is 14.4 Å². The van der Waals surface area contributed by atoms with E-state index < -0.39 is 12.0 Å². The van der Waals surface area contributed by atoms with Crippen LogP contribution in [-0.4, -0.2) is 25.2 Å². The minimum atomic E-state index is -0.853. The van der Waals surface area contributed by atoms with Crippen molar-refractivity contribution in [3.8, 4) is 0 Å². The second-order valence-electron chi connectivity index (χ2n) is 1.56. The molecule has 6 nitrogen and oxygen atoms in total. The molecule has 0 aliphatic rings. The average Bonchev–Trinajstić information content (AvgIpc) is 1.87. The Balaban J connectivity index is 3.24. The van der Waals surface area contributed by atoms with Crippen LogP contribution in [0.2, 0.25) is 0 Å². The lowest BCUT2D eigenvalue weighted by molar-refractivity contribution is -0.150. The van der Waals surface area contributed by atoms with Crippen LogP contribution in [0.4, 0.5) is 4.79 Å². The van der Waals surface area contributed by atoms with Gasteiger partial charge in [-0.05, 0) is 6.92 Å². The van der Waals surface area contributed by atoms with Gasteiger partial charge in [0.1, 0.15) is 0 Å². The fourth-order valence-electron chi connectivity index (χ4n) is 0.369. The first kappa shape index (κ1) is 9.70. The minimum Gasteiger partial charge on any atom is -0.464 e. The molecule has 0 saturated carbocycles. The number of amides is 2. The first-order chi connectivity index (χ1) is 5.16. The molecule has 64 valence electrons. The van der Waals surface area contributed by atoms with Gasteiger partial charge in [0.05, 0.1) is 6.61 Å². The fraction of sp³-hybridized carbons (Fsp3) is 0.600. The summed E-state index contributed by atoms with van der Waals surface area (Å²) < 4.78 is 4.47. The highest BCUT2D eigenvalue weighted by molar-refractivity contribution is 5.72. The van der Waals surface area contributed by atoms with Crippen molar-refractivity contribution >= 4 is 12.0 Å². The molecule has 0 aromatic rings. The van der Waals surface area contributed by atoms with Crippen LogP contribution < -0.4 is 11.2 Å². The van der Waals surface area contributed by atoms with Gasteiger partial charge >= 0.3 is 12.0 Å². The molecule has 0 heterocycles. The third-order valence-corrected chi connectivity index (χ3v) is 0.668. The topological polar surface area (TPSA) is 90.7 Å². The Morgan fingerprint density at radius 2 is 2.18 bits per heavy atom. The molecule has 0 aliphatic carbocycles. The fourth-order valence-corrected chi connectivity index (χ4v) is 0.369. The van der Waals surface area contributed by atoms with Crippen LogP contribution in [0.5, 0.6) is 0 Å². The Labute approximate surface area is 63.6 Å². The summed E-state index contributed by atoms with van der Waals surface area (Å²) in [5.74, 6) is -0.554. The summed E-state index contributed by atoms with van der Waals surface area (Å²) in [5, 5.41) is 0. The standard InChI is InChI=1S/C5H10N2O4/c1-2-10-4(8)3-11-7-5(6)9/h2-3H2,1H3,(H3,6,7,9). The van der Waals surface area contributed by atoms with E-state index in [2.05, 4.69) is 15.3 Å². The van der Waals surface area contributed by atoms with Gasteiger partial charge in [-0.2, -0.15) is 0 Å². The molecule has 0 rings (SSSR count). The third kappa shape index (κ3) is 6.59. The number of esters is 1. The van der Waals surface area contributed by atoms with Gasteiger partial charge in [-0.25, -0.2) is 15.1 Å². The lowest BCUT2D eigenvalue weighted by Crippen LogP contribution is -2.31. The van der Waals surface area contributed by atoms with Gasteiger partial charge in [-0.3, -0.25) is 4.84 Å². The summed E-state index contributed by atoms with van der Waals surface area (Å²) in [6.45, 7) is 1.61. The van der Waals surface area contributed by atoms with Gasteiger partial charge in [-0.1, -0.05) is 0 Å². The molecule has 0 atom stereocenters. The van der Waals surface area contributed by atoms with Crippen molar-refractivity contribution in [2.75, 3.05) is 13.2 Å². The maximum absolute atomic E-state index is 10.5. The first-order valence-corrected chi connectivity index (χ1v) is 2.99. The molecule has 3 N–H and O–H groups in total. The zero-order valence-electron chi connectivity index (χ0n) is 6.12. The quantitative estimate of drug-likeness (QED) is 0.416. The Bertz CT molecular complexity index is 147. The molecule has 0 aromatic heterocycles. The van der Waals surface area contributed by atoms with Gasteiger partial charge in [0.15, 0.2) is 6.61 Å². The van der Waals surface area contributed by atoms with E-state index in [0.717, 1.165) is 0 Å². The van der Waals surface area contributed by atoms with E-state index in [-0.39, 0.29) is 13.2 Å². The summed E-state index contributed by atoms with van der Waals surface area (Å²) in [5.41, 5.74) is 6.40. The van der Waals surface area contributed by atoms with Gasteiger partial charge < -0.3 is 10.5 Å². The summed E-state index contributed by atoms with van der Waals surface area (Å²) >= 11 is 0. The lowest BCUT2D eigenvalue weighted by atomic mass is 10.7. The zero-order chi connectivity index (χ0) is 8.69. The number of urea groups is 1. The summed E-state index contributed by atoms with van der Waals surface area (Å²) in [6.07, 6.45) is 0. The van der Waals surface area contributed by atoms with Crippen LogP contribution in [0.1, 0.15) is 6.92 Å². The second-order valence-corrected chi connectivity index (χ2v) is 1.56. The number of ether oxygens (including phenoxy) is 1. The molecule has 0 spiro atoms. The highest BCUT2D eigenvalue weighted by Gasteiger charge is 2.01. The Morgan fingerprint density at radius 1 is 1.55 bits per heavy atom. The number of carbonyl (C=O) groups excluding carboxylic acids is 2.